The zero-order valence-electron chi connectivity index (χ0n) is 8.43. The van der Waals surface area contributed by atoms with Crippen LogP contribution < -0.4 is 0 Å². The third-order valence-corrected chi connectivity index (χ3v) is 1.29. The standard InChI is InChI=1S/C6H8O7.K.4H2O.H/c7-3(8)1-6(13,5(11)12)2-4(9)10;;;;;;/h13H,1-2H2,(H,7,8)(H,9,10)(H,11,12);;4*1H2;. The van der Waals surface area contributed by atoms with Crippen molar-refractivity contribution in [3.63, 3.8) is 0 Å². The van der Waals surface area contributed by atoms with Crippen molar-refractivity contribution < 1.29 is 56.7 Å². The number of aliphatic hydroxyl groups is 1. The Morgan fingerprint density at radius 1 is 0.778 bits per heavy atom. The van der Waals surface area contributed by atoms with Crippen LogP contribution in [-0.4, -0.2) is 117 Å². The van der Waals surface area contributed by atoms with Crippen molar-refractivity contribution in [2.45, 2.75) is 18.4 Å². The van der Waals surface area contributed by atoms with Gasteiger partial charge in [0.15, 0.2) is 5.60 Å². The number of carboxylic acids is 3. The molecule has 0 radical (unpaired) electrons. The van der Waals surface area contributed by atoms with Crippen LogP contribution in [0.15, 0.2) is 0 Å². The predicted molar refractivity (Wildman–Crippen MR) is 58.7 cm³/mol. The molecule has 12 N–H and O–H groups in total. The van der Waals surface area contributed by atoms with Gasteiger partial charge in [-0.25, -0.2) is 4.79 Å². The number of carbonyl (C=O) groups is 3. The number of hydrogen-bond acceptors (Lipinski definition) is 4. The van der Waals surface area contributed by atoms with E-state index in [2.05, 4.69) is 0 Å². The van der Waals surface area contributed by atoms with Crippen LogP contribution in [0.1, 0.15) is 12.8 Å². The normalized spacial score (nSPS) is 7.83. The van der Waals surface area contributed by atoms with Gasteiger partial charge in [-0.1, -0.05) is 0 Å². The van der Waals surface area contributed by atoms with Crippen molar-refractivity contribution in [1.82, 2.24) is 0 Å². The molecule has 0 atom stereocenters. The van der Waals surface area contributed by atoms with Crippen molar-refractivity contribution >= 4 is 69.3 Å². The first kappa shape index (κ1) is 36.1. The van der Waals surface area contributed by atoms with Crippen molar-refractivity contribution in [2.24, 2.45) is 0 Å². The minimum atomic E-state index is -2.74. The van der Waals surface area contributed by atoms with Crippen LogP contribution in [0.5, 0.6) is 0 Å². The Balaban J connectivity index is -0.0000000720. The van der Waals surface area contributed by atoms with Gasteiger partial charge in [-0.2, -0.15) is 0 Å². The van der Waals surface area contributed by atoms with Crippen LogP contribution in [0, 0.1) is 0 Å². The molecule has 0 aromatic carbocycles. The summed E-state index contributed by atoms with van der Waals surface area (Å²) in [4.78, 5) is 30.5. The van der Waals surface area contributed by atoms with Crippen molar-refractivity contribution in [2.75, 3.05) is 0 Å². The average Bonchev–Trinajstić information content (AvgIpc) is 1.82. The molecule has 0 aliphatic heterocycles. The van der Waals surface area contributed by atoms with E-state index in [1.807, 2.05) is 0 Å². The first-order chi connectivity index (χ1) is 5.78. The average molecular weight is 304 g/mol. The van der Waals surface area contributed by atoms with Gasteiger partial charge in [0, 0.05) is 0 Å². The summed E-state index contributed by atoms with van der Waals surface area (Å²) in [6.07, 6.45) is -2.29. The van der Waals surface area contributed by atoms with Gasteiger partial charge in [0.2, 0.25) is 0 Å². The van der Waals surface area contributed by atoms with Crippen molar-refractivity contribution in [1.29, 1.82) is 0 Å². The maximum atomic E-state index is 10.3. The molecule has 0 aromatic rings. The molecular weight excluding hydrogens is 287 g/mol. The van der Waals surface area contributed by atoms with Crippen molar-refractivity contribution in [3.8, 4) is 0 Å². The summed E-state index contributed by atoms with van der Waals surface area (Å²) in [7, 11) is 0. The van der Waals surface area contributed by atoms with Gasteiger partial charge >= 0.3 is 69.3 Å². The third-order valence-electron chi connectivity index (χ3n) is 1.29. The Kier molecular flexibility index (Phi) is 29.9. The summed E-state index contributed by atoms with van der Waals surface area (Å²) in [5.41, 5.74) is -2.74. The SMILES string of the molecule is O.O.O.O.O=C(O)CC(O)(CC(=O)O)C(=O)O.[KH]. The predicted octanol–water partition coefficient (Wildman–Crippen LogP) is -5.20. The molecule has 0 bridgehead atoms. The molecule has 18 heavy (non-hydrogen) atoms. The van der Waals surface area contributed by atoms with E-state index in [0.717, 1.165) is 0 Å². The Hall–Kier alpha value is -0.154. The molecule has 108 valence electrons. The third kappa shape index (κ3) is 13.9. The fraction of sp³-hybridized carbons (Fsp3) is 0.500. The molecule has 0 fully saturated rings. The number of aliphatic carboxylic acids is 3. The van der Waals surface area contributed by atoms with Gasteiger partial charge in [0.05, 0.1) is 12.8 Å². The maximum absolute atomic E-state index is 10.3. The summed E-state index contributed by atoms with van der Waals surface area (Å²) >= 11 is 0. The summed E-state index contributed by atoms with van der Waals surface area (Å²) < 4.78 is 0. The van der Waals surface area contributed by atoms with Gasteiger partial charge in [-0.3, -0.25) is 9.59 Å². The van der Waals surface area contributed by atoms with E-state index in [1.165, 1.54) is 0 Å². The molecule has 0 aliphatic rings. The number of rotatable bonds is 5. The van der Waals surface area contributed by atoms with Crippen LogP contribution in [0.25, 0.3) is 0 Å². The second-order valence-corrected chi connectivity index (χ2v) is 2.48. The fourth-order valence-corrected chi connectivity index (χ4v) is 0.714. The summed E-state index contributed by atoms with van der Waals surface area (Å²) in [6.45, 7) is 0. The summed E-state index contributed by atoms with van der Waals surface area (Å²) in [6, 6.07) is 0. The van der Waals surface area contributed by atoms with Gasteiger partial charge < -0.3 is 42.3 Å². The van der Waals surface area contributed by atoms with Gasteiger partial charge in [0.25, 0.3) is 0 Å². The molecule has 0 aromatic heterocycles. The molecule has 0 spiro atoms. The van der Waals surface area contributed by atoms with E-state index in [1.54, 1.807) is 0 Å². The molecule has 11 nitrogen and oxygen atoms in total. The first-order valence-electron chi connectivity index (χ1n) is 3.17. The number of hydrogen-bond donors (Lipinski definition) is 4. The van der Waals surface area contributed by atoms with Gasteiger partial charge in [-0.05, 0) is 0 Å². The zero-order chi connectivity index (χ0) is 10.6. The van der Waals surface area contributed by atoms with E-state index in [9.17, 15) is 14.4 Å². The molecule has 0 saturated carbocycles. The topological polar surface area (TPSA) is 258 Å². The second-order valence-electron chi connectivity index (χ2n) is 2.48. The van der Waals surface area contributed by atoms with E-state index in [4.69, 9.17) is 20.4 Å². The monoisotopic (exact) mass is 304 g/mol. The van der Waals surface area contributed by atoms with E-state index < -0.39 is 36.4 Å². The molecule has 0 rings (SSSR count). The van der Waals surface area contributed by atoms with E-state index >= 15 is 0 Å². The van der Waals surface area contributed by atoms with E-state index in [0.29, 0.717) is 0 Å². The van der Waals surface area contributed by atoms with Crippen LogP contribution in [-0.2, 0) is 14.4 Å². The van der Waals surface area contributed by atoms with Crippen LogP contribution >= 0.6 is 0 Å². The van der Waals surface area contributed by atoms with Crippen LogP contribution in [0.4, 0.5) is 0 Å². The molecular formula is C6H17KO11. The van der Waals surface area contributed by atoms with Gasteiger partial charge in [0.1, 0.15) is 0 Å². The van der Waals surface area contributed by atoms with Crippen molar-refractivity contribution in [3.05, 3.63) is 0 Å². The molecule has 0 heterocycles. The Bertz CT molecular complexity index is 236. The molecule has 0 aliphatic carbocycles. The molecule has 12 heteroatoms. The zero-order valence-corrected chi connectivity index (χ0v) is 8.43. The fourth-order valence-electron chi connectivity index (χ4n) is 0.714. The van der Waals surface area contributed by atoms with E-state index in [-0.39, 0.29) is 73.3 Å². The molecule has 0 amide bonds. The second kappa shape index (κ2) is 14.9. The molecule has 0 saturated heterocycles. The Labute approximate surface area is 143 Å². The quantitative estimate of drug-likeness (QED) is 0.358. The minimum absolute atomic E-state index is 0. The number of carboxylic acid groups (broad SMARTS) is 3. The Morgan fingerprint density at radius 3 is 1.11 bits per heavy atom. The summed E-state index contributed by atoms with van der Waals surface area (Å²) in [5, 5.41) is 33.8. The van der Waals surface area contributed by atoms with Gasteiger partial charge in [-0.15, -0.1) is 0 Å². The molecule has 0 unspecified atom stereocenters. The van der Waals surface area contributed by atoms with Crippen LogP contribution in [0.2, 0.25) is 0 Å². The van der Waals surface area contributed by atoms with Crippen LogP contribution in [0.3, 0.4) is 0 Å². The Morgan fingerprint density at radius 2 is 1.00 bits per heavy atom. The first-order valence-corrected chi connectivity index (χ1v) is 3.17. The summed E-state index contributed by atoms with van der Waals surface area (Å²) in [5.74, 6) is -5.02.